The number of aryl methyl sites for hydroxylation is 1. The van der Waals surface area contributed by atoms with Crippen molar-refractivity contribution in [1.29, 1.82) is 0 Å². The number of rotatable bonds is 11. The van der Waals surface area contributed by atoms with Gasteiger partial charge < -0.3 is 25.4 Å². The van der Waals surface area contributed by atoms with Crippen LogP contribution in [0.15, 0.2) is 18.2 Å². The Morgan fingerprint density at radius 2 is 1.71 bits per heavy atom. The van der Waals surface area contributed by atoms with Gasteiger partial charge in [0.25, 0.3) is 0 Å². The number of benzene rings is 1. The van der Waals surface area contributed by atoms with Gasteiger partial charge >= 0.3 is 6.09 Å². The summed E-state index contributed by atoms with van der Waals surface area (Å²) in [4.78, 5) is 41.5. The molecule has 2 atom stereocenters. The molecule has 0 aliphatic heterocycles. The second-order valence-electron chi connectivity index (χ2n) is 10.8. The molecular weight excluding hydrogens is 446 g/mol. The molecule has 1 aromatic rings. The van der Waals surface area contributed by atoms with Crippen LogP contribution in [0, 0.1) is 12.8 Å². The highest BCUT2D eigenvalue weighted by molar-refractivity contribution is 5.92. The number of nitrogens with zero attached hydrogens (tertiary/aromatic N) is 1. The molecule has 3 N–H and O–H groups in total. The van der Waals surface area contributed by atoms with E-state index < -0.39 is 23.8 Å². The average molecular weight is 492 g/mol. The molecule has 0 saturated carbocycles. The summed E-state index contributed by atoms with van der Waals surface area (Å²) in [5, 5.41) is 15.7. The Bertz CT molecular complexity index is 861. The summed E-state index contributed by atoms with van der Waals surface area (Å²) in [5.41, 5.74) is 0.502. The third-order valence-corrected chi connectivity index (χ3v) is 5.26. The van der Waals surface area contributed by atoms with Crippen molar-refractivity contribution < 1.29 is 24.2 Å². The normalized spacial score (nSPS) is 13.3. The van der Waals surface area contributed by atoms with Crippen LogP contribution in [0.4, 0.5) is 4.79 Å². The molecular formula is C27H45N3O5. The first-order valence-electron chi connectivity index (χ1n) is 12.6. The predicted molar refractivity (Wildman–Crippen MR) is 138 cm³/mol. The number of hydrogen-bond acceptors (Lipinski definition) is 5. The van der Waals surface area contributed by atoms with Gasteiger partial charge in [-0.1, -0.05) is 33.3 Å². The van der Waals surface area contributed by atoms with Crippen LogP contribution in [0.25, 0.3) is 0 Å². The highest BCUT2D eigenvalue weighted by atomic mass is 16.6. The largest absolute Gasteiger partial charge is 0.508 e. The maximum atomic E-state index is 14.0. The number of carbonyl (C=O) groups excluding carboxylic acids is 3. The second-order valence-corrected chi connectivity index (χ2v) is 10.8. The molecule has 0 fully saturated rings. The van der Waals surface area contributed by atoms with Crippen molar-refractivity contribution in [3.05, 3.63) is 29.3 Å². The number of hydrogen-bond donors (Lipinski definition) is 3. The van der Waals surface area contributed by atoms with Gasteiger partial charge in [0, 0.05) is 12.6 Å². The highest BCUT2D eigenvalue weighted by Crippen LogP contribution is 2.28. The van der Waals surface area contributed by atoms with Crippen molar-refractivity contribution in [2.45, 2.75) is 105 Å². The fourth-order valence-electron chi connectivity index (χ4n) is 3.72. The van der Waals surface area contributed by atoms with Crippen LogP contribution in [0.3, 0.4) is 0 Å². The fraction of sp³-hybridized carbons (Fsp3) is 0.667. The molecule has 0 bridgehead atoms. The number of unbranched alkanes of at least 4 members (excludes halogenated alkanes) is 1. The first-order chi connectivity index (χ1) is 16.2. The summed E-state index contributed by atoms with van der Waals surface area (Å²) in [7, 11) is 0. The molecule has 3 amide bonds. The van der Waals surface area contributed by atoms with E-state index in [1.165, 1.54) is 6.07 Å². The molecule has 0 aliphatic carbocycles. The van der Waals surface area contributed by atoms with Crippen LogP contribution in [0.5, 0.6) is 5.75 Å². The lowest BCUT2D eigenvalue weighted by Crippen LogP contribution is -2.54. The van der Waals surface area contributed by atoms with E-state index in [2.05, 4.69) is 10.6 Å². The minimum Gasteiger partial charge on any atom is -0.508 e. The van der Waals surface area contributed by atoms with Crippen molar-refractivity contribution in [1.82, 2.24) is 15.5 Å². The lowest BCUT2D eigenvalue weighted by atomic mass is 9.97. The zero-order valence-corrected chi connectivity index (χ0v) is 22.9. The quantitative estimate of drug-likeness (QED) is 0.411. The van der Waals surface area contributed by atoms with Crippen LogP contribution in [-0.2, 0) is 14.3 Å². The third-order valence-electron chi connectivity index (χ3n) is 5.26. The van der Waals surface area contributed by atoms with E-state index in [0.717, 1.165) is 6.42 Å². The van der Waals surface area contributed by atoms with E-state index in [9.17, 15) is 19.5 Å². The fourth-order valence-corrected chi connectivity index (χ4v) is 3.72. The number of phenols is 1. The predicted octanol–water partition coefficient (Wildman–Crippen LogP) is 4.83. The van der Waals surface area contributed by atoms with Gasteiger partial charge in [-0.05, 0) is 83.6 Å². The highest BCUT2D eigenvalue weighted by Gasteiger charge is 2.36. The van der Waals surface area contributed by atoms with E-state index in [1.54, 1.807) is 44.7 Å². The topological polar surface area (TPSA) is 108 Å². The molecule has 1 rings (SSSR count). The van der Waals surface area contributed by atoms with Crippen molar-refractivity contribution in [2.24, 2.45) is 5.92 Å². The Kier molecular flexibility index (Phi) is 11.5. The van der Waals surface area contributed by atoms with E-state index in [-0.39, 0.29) is 29.5 Å². The van der Waals surface area contributed by atoms with E-state index >= 15 is 0 Å². The zero-order chi connectivity index (χ0) is 26.9. The van der Waals surface area contributed by atoms with E-state index in [1.807, 2.05) is 34.6 Å². The first kappa shape index (κ1) is 30.3. The smallest absolute Gasteiger partial charge is 0.408 e. The summed E-state index contributed by atoms with van der Waals surface area (Å²) >= 11 is 0. The number of phenolic OH excluding ortho intramolecular Hbond substituents is 1. The molecule has 0 heterocycles. The summed E-state index contributed by atoms with van der Waals surface area (Å²) in [6.07, 6.45) is 1.24. The molecule has 0 radical (unpaired) electrons. The Hall–Kier alpha value is -2.77. The standard InChI is InChI=1S/C27H45N3O5/c1-10-11-14-30(25(33)21(15-17(2)3)29-26(34)35-27(7,8)9)23(24(32)28-18(4)5)20-12-13-22(31)19(6)16-20/h12-13,16-18,21,23,31H,10-11,14-15H2,1-9H3,(H,28,32)(H,29,34). The molecule has 198 valence electrons. The minimum absolute atomic E-state index is 0.116. The molecule has 2 unspecified atom stereocenters. The van der Waals surface area contributed by atoms with Crippen molar-refractivity contribution in [3.63, 3.8) is 0 Å². The molecule has 0 saturated heterocycles. The number of aromatic hydroxyl groups is 1. The van der Waals surface area contributed by atoms with Gasteiger partial charge in [-0.2, -0.15) is 0 Å². The van der Waals surface area contributed by atoms with Gasteiger partial charge in [0.2, 0.25) is 11.8 Å². The number of amides is 3. The molecule has 8 nitrogen and oxygen atoms in total. The summed E-state index contributed by atoms with van der Waals surface area (Å²) < 4.78 is 5.41. The van der Waals surface area contributed by atoms with Gasteiger partial charge in [-0.25, -0.2) is 4.79 Å². The van der Waals surface area contributed by atoms with Crippen LogP contribution in [0.1, 0.15) is 91.8 Å². The number of alkyl carbamates (subject to hydrolysis) is 1. The average Bonchev–Trinajstić information content (AvgIpc) is 2.70. The molecule has 8 heteroatoms. The van der Waals surface area contributed by atoms with Gasteiger partial charge in [-0.15, -0.1) is 0 Å². The van der Waals surface area contributed by atoms with Gasteiger partial charge in [0.1, 0.15) is 23.4 Å². The molecule has 0 aliphatic rings. The third kappa shape index (κ3) is 10.2. The zero-order valence-electron chi connectivity index (χ0n) is 22.9. The van der Waals surface area contributed by atoms with Crippen molar-refractivity contribution in [2.75, 3.05) is 6.54 Å². The molecule has 1 aromatic carbocycles. The SMILES string of the molecule is CCCCN(C(=O)C(CC(C)C)NC(=O)OC(C)(C)C)C(C(=O)NC(C)C)c1ccc(O)c(C)c1. The second kappa shape index (κ2) is 13.4. The summed E-state index contributed by atoms with van der Waals surface area (Å²) in [5.74, 6) is -0.416. The summed E-state index contributed by atoms with van der Waals surface area (Å²) in [6, 6.07) is 3.04. The summed E-state index contributed by atoms with van der Waals surface area (Å²) in [6.45, 7) is 17.1. The van der Waals surface area contributed by atoms with E-state index in [4.69, 9.17) is 4.74 Å². The van der Waals surface area contributed by atoms with Crippen LogP contribution in [-0.4, -0.2) is 52.1 Å². The monoisotopic (exact) mass is 491 g/mol. The Morgan fingerprint density at radius 3 is 2.20 bits per heavy atom. The lowest BCUT2D eigenvalue weighted by Gasteiger charge is -2.35. The van der Waals surface area contributed by atoms with Crippen molar-refractivity contribution in [3.8, 4) is 5.75 Å². The number of carbonyl (C=O) groups is 3. The van der Waals surface area contributed by atoms with Crippen LogP contribution >= 0.6 is 0 Å². The number of nitrogens with one attached hydrogen (secondary N) is 2. The van der Waals surface area contributed by atoms with Gasteiger partial charge in [0.05, 0.1) is 0 Å². The lowest BCUT2D eigenvalue weighted by molar-refractivity contribution is -0.143. The van der Waals surface area contributed by atoms with Gasteiger partial charge in [0.15, 0.2) is 0 Å². The van der Waals surface area contributed by atoms with Crippen LogP contribution in [0.2, 0.25) is 0 Å². The Morgan fingerprint density at radius 1 is 1.09 bits per heavy atom. The maximum Gasteiger partial charge on any atom is 0.408 e. The minimum atomic E-state index is -0.911. The first-order valence-corrected chi connectivity index (χ1v) is 12.6. The maximum absolute atomic E-state index is 14.0. The van der Waals surface area contributed by atoms with Crippen molar-refractivity contribution >= 4 is 17.9 Å². The molecule has 35 heavy (non-hydrogen) atoms. The van der Waals surface area contributed by atoms with E-state index in [0.29, 0.717) is 30.5 Å². The van der Waals surface area contributed by atoms with Crippen LogP contribution < -0.4 is 10.6 Å². The Balaban J connectivity index is 3.50. The molecule has 0 aromatic heterocycles. The number of ether oxygens (including phenoxy) is 1. The van der Waals surface area contributed by atoms with Gasteiger partial charge in [-0.3, -0.25) is 9.59 Å². The Labute approximate surface area is 210 Å². The molecule has 0 spiro atoms.